The van der Waals surface area contributed by atoms with Crippen LogP contribution in [-0.4, -0.2) is 11.9 Å². The molecule has 1 amide bonds. The molecule has 0 radical (unpaired) electrons. The van der Waals surface area contributed by atoms with Gasteiger partial charge in [-0.05, 0) is 52.9 Å². The van der Waals surface area contributed by atoms with Gasteiger partial charge in [-0.3, -0.25) is 4.79 Å². The molecular weight excluding hydrogens is 323 g/mol. The van der Waals surface area contributed by atoms with Crippen LogP contribution in [0.5, 0.6) is 0 Å². The number of hydrogen-bond acceptors (Lipinski definition) is 1. The summed E-state index contributed by atoms with van der Waals surface area (Å²) in [6, 6.07) is 3.15. The predicted molar refractivity (Wildman–Crippen MR) is 68.8 cm³/mol. The van der Waals surface area contributed by atoms with E-state index < -0.39 is 17.6 Å². The zero-order chi connectivity index (χ0) is 14.2. The highest BCUT2D eigenvalue weighted by molar-refractivity contribution is 9.10. The minimum Gasteiger partial charge on any atom is -0.349 e. The molecule has 0 spiro atoms. The molecule has 1 N–H and O–H groups in total. The molecule has 6 heteroatoms. The lowest BCUT2D eigenvalue weighted by Crippen LogP contribution is -2.43. The Morgan fingerprint density at radius 3 is 2.53 bits per heavy atom. The second-order valence-corrected chi connectivity index (χ2v) is 5.79. The quantitative estimate of drug-likeness (QED) is 0.869. The number of rotatable bonds is 2. The van der Waals surface area contributed by atoms with Gasteiger partial charge in [0.2, 0.25) is 0 Å². The van der Waals surface area contributed by atoms with Gasteiger partial charge in [-0.15, -0.1) is 0 Å². The molecule has 0 atom stereocenters. The van der Waals surface area contributed by atoms with Crippen LogP contribution in [0.1, 0.15) is 35.7 Å². The van der Waals surface area contributed by atoms with Crippen molar-refractivity contribution in [3.05, 3.63) is 33.8 Å². The normalized spacial score (nSPS) is 22.8. The number of carbonyl (C=O) groups is 1. The van der Waals surface area contributed by atoms with Crippen molar-refractivity contribution < 1.29 is 18.0 Å². The van der Waals surface area contributed by atoms with E-state index in [4.69, 9.17) is 0 Å². The van der Waals surface area contributed by atoms with Gasteiger partial charge in [0.1, 0.15) is 0 Å². The van der Waals surface area contributed by atoms with Gasteiger partial charge in [-0.2, -0.15) is 13.2 Å². The standard InChI is InChI=1S/C13H13BrF3NO/c1-7-4-9(5-7)18-12(19)10-6-8(13(15,16)17)2-3-11(10)14/h2-3,6-7,9H,4-5H2,1H3,(H,18,19). The van der Waals surface area contributed by atoms with Gasteiger partial charge in [0.05, 0.1) is 11.1 Å². The van der Waals surface area contributed by atoms with Crippen molar-refractivity contribution in [1.82, 2.24) is 5.32 Å². The van der Waals surface area contributed by atoms with Gasteiger partial charge >= 0.3 is 6.18 Å². The van der Waals surface area contributed by atoms with Crippen LogP contribution < -0.4 is 5.32 Å². The number of benzene rings is 1. The van der Waals surface area contributed by atoms with Crippen molar-refractivity contribution in [2.75, 3.05) is 0 Å². The predicted octanol–water partition coefficient (Wildman–Crippen LogP) is 4.00. The lowest BCUT2D eigenvalue weighted by atomic mass is 9.82. The van der Waals surface area contributed by atoms with Crippen molar-refractivity contribution >= 4 is 21.8 Å². The average molecular weight is 336 g/mol. The minimum atomic E-state index is -4.44. The molecule has 104 valence electrons. The number of alkyl halides is 3. The van der Waals surface area contributed by atoms with Crippen molar-refractivity contribution in [1.29, 1.82) is 0 Å². The van der Waals surface area contributed by atoms with Crippen LogP contribution in [0.25, 0.3) is 0 Å². The topological polar surface area (TPSA) is 29.1 Å². The Bertz CT molecular complexity index is 495. The Hall–Kier alpha value is -1.04. The third-order valence-electron chi connectivity index (χ3n) is 3.25. The third kappa shape index (κ3) is 3.29. The first-order valence-electron chi connectivity index (χ1n) is 5.95. The molecule has 0 bridgehead atoms. The van der Waals surface area contributed by atoms with Crippen LogP contribution >= 0.6 is 15.9 Å². The van der Waals surface area contributed by atoms with E-state index in [1.54, 1.807) is 0 Å². The van der Waals surface area contributed by atoms with E-state index in [-0.39, 0.29) is 11.6 Å². The molecule has 1 aromatic rings. The lowest BCUT2D eigenvalue weighted by Gasteiger charge is -2.33. The number of carbonyl (C=O) groups excluding carboxylic acids is 1. The smallest absolute Gasteiger partial charge is 0.349 e. The van der Waals surface area contributed by atoms with E-state index in [0.29, 0.717) is 10.4 Å². The first-order valence-corrected chi connectivity index (χ1v) is 6.74. The summed E-state index contributed by atoms with van der Waals surface area (Å²) in [7, 11) is 0. The number of hydrogen-bond donors (Lipinski definition) is 1. The van der Waals surface area contributed by atoms with Crippen LogP contribution in [0.3, 0.4) is 0 Å². The van der Waals surface area contributed by atoms with Crippen LogP contribution in [-0.2, 0) is 6.18 Å². The number of amides is 1. The van der Waals surface area contributed by atoms with E-state index in [2.05, 4.69) is 28.2 Å². The zero-order valence-corrected chi connectivity index (χ0v) is 11.8. The molecule has 1 aliphatic rings. The molecule has 19 heavy (non-hydrogen) atoms. The fourth-order valence-electron chi connectivity index (χ4n) is 2.16. The molecule has 0 aromatic heterocycles. The molecule has 1 aromatic carbocycles. The van der Waals surface area contributed by atoms with E-state index in [0.717, 1.165) is 25.0 Å². The molecule has 2 nitrogen and oxygen atoms in total. The van der Waals surface area contributed by atoms with Crippen LogP contribution in [0.4, 0.5) is 13.2 Å². The summed E-state index contributed by atoms with van der Waals surface area (Å²) in [6.07, 6.45) is -2.69. The monoisotopic (exact) mass is 335 g/mol. The lowest BCUT2D eigenvalue weighted by molar-refractivity contribution is -0.137. The summed E-state index contributed by atoms with van der Waals surface area (Å²) in [5, 5.41) is 2.75. The SMILES string of the molecule is CC1CC(NC(=O)c2cc(C(F)(F)F)ccc2Br)C1. The molecular formula is C13H13BrF3NO. The van der Waals surface area contributed by atoms with Gasteiger partial charge in [0, 0.05) is 10.5 Å². The summed E-state index contributed by atoms with van der Waals surface area (Å²) in [5.41, 5.74) is -0.794. The van der Waals surface area contributed by atoms with Gasteiger partial charge < -0.3 is 5.32 Å². The van der Waals surface area contributed by atoms with Crippen molar-refractivity contribution in [3.63, 3.8) is 0 Å². The average Bonchev–Trinajstić information content (AvgIpc) is 2.25. The van der Waals surface area contributed by atoms with Gasteiger partial charge in [0.25, 0.3) is 5.91 Å². The maximum Gasteiger partial charge on any atom is 0.416 e. The summed E-state index contributed by atoms with van der Waals surface area (Å²) in [6.45, 7) is 2.07. The fourth-order valence-corrected chi connectivity index (χ4v) is 2.59. The van der Waals surface area contributed by atoms with Crippen LogP contribution in [0.2, 0.25) is 0 Å². The van der Waals surface area contributed by atoms with E-state index in [9.17, 15) is 18.0 Å². The summed E-state index contributed by atoms with van der Waals surface area (Å²) in [5.74, 6) is 0.102. The Kier molecular flexibility index (Phi) is 3.90. The Morgan fingerprint density at radius 2 is 2.00 bits per heavy atom. The number of nitrogens with one attached hydrogen (secondary N) is 1. The van der Waals surface area contributed by atoms with Gasteiger partial charge in [-0.1, -0.05) is 6.92 Å². The highest BCUT2D eigenvalue weighted by Crippen LogP contribution is 2.32. The highest BCUT2D eigenvalue weighted by Gasteiger charge is 2.32. The minimum absolute atomic E-state index is 0.0226. The molecule has 0 aliphatic heterocycles. The van der Waals surface area contributed by atoms with Gasteiger partial charge in [0.15, 0.2) is 0 Å². The Morgan fingerprint density at radius 1 is 1.37 bits per heavy atom. The maximum atomic E-state index is 12.6. The molecule has 1 fully saturated rings. The number of halogens is 4. The highest BCUT2D eigenvalue weighted by atomic mass is 79.9. The van der Waals surface area contributed by atoms with Crippen molar-refractivity contribution in [3.8, 4) is 0 Å². The van der Waals surface area contributed by atoms with Crippen LogP contribution in [0.15, 0.2) is 22.7 Å². The third-order valence-corrected chi connectivity index (χ3v) is 3.94. The fraction of sp³-hybridized carbons (Fsp3) is 0.462. The summed E-state index contributed by atoms with van der Waals surface area (Å²) in [4.78, 5) is 11.9. The van der Waals surface area contributed by atoms with Gasteiger partial charge in [-0.25, -0.2) is 0 Å². The maximum absolute atomic E-state index is 12.6. The first kappa shape index (κ1) is 14.4. The second kappa shape index (κ2) is 5.15. The molecule has 0 heterocycles. The summed E-state index contributed by atoms with van der Waals surface area (Å²) >= 11 is 3.11. The molecule has 1 aliphatic carbocycles. The molecule has 2 rings (SSSR count). The molecule has 1 saturated carbocycles. The van der Waals surface area contributed by atoms with Crippen LogP contribution in [0, 0.1) is 5.92 Å². The largest absolute Gasteiger partial charge is 0.416 e. The van der Waals surface area contributed by atoms with Crippen molar-refractivity contribution in [2.45, 2.75) is 32.0 Å². The van der Waals surface area contributed by atoms with E-state index >= 15 is 0 Å². The molecule has 0 saturated heterocycles. The summed E-state index contributed by atoms with van der Waals surface area (Å²) < 4.78 is 38.2. The van der Waals surface area contributed by atoms with E-state index in [1.807, 2.05) is 0 Å². The van der Waals surface area contributed by atoms with Crippen molar-refractivity contribution in [2.24, 2.45) is 5.92 Å². The zero-order valence-electron chi connectivity index (χ0n) is 10.2. The Labute approximate surface area is 117 Å². The molecule has 0 unspecified atom stereocenters. The second-order valence-electron chi connectivity index (χ2n) is 4.94. The Balaban J connectivity index is 2.16. The first-order chi connectivity index (χ1) is 8.77. The van der Waals surface area contributed by atoms with E-state index in [1.165, 1.54) is 6.07 Å².